The first kappa shape index (κ1) is 14.0. The molecule has 0 heterocycles. The Balaban J connectivity index is 2.47. The van der Waals surface area contributed by atoms with E-state index in [0.29, 0.717) is 10.2 Å². The van der Waals surface area contributed by atoms with Crippen molar-refractivity contribution in [2.45, 2.75) is 26.3 Å². The second-order valence-electron chi connectivity index (χ2n) is 3.74. The third-order valence-electron chi connectivity index (χ3n) is 2.27. The Labute approximate surface area is 108 Å². The van der Waals surface area contributed by atoms with Gasteiger partial charge in [0.05, 0.1) is 4.47 Å². The summed E-state index contributed by atoms with van der Waals surface area (Å²) in [6.07, 6.45) is 0.867. The Bertz CT molecular complexity index is 398. The highest BCUT2D eigenvalue weighted by atomic mass is 79.9. The average Bonchev–Trinajstić information content (AvgIpc) is 2.27. The van der Waals surface area contributed by atoms with Crippen molar-refractivity contribution in [3.8, 4) is 5.75 Å². The summed E-state index contributed by atoms with van der Waals surface area (Å²) in [6.45, 7) is 3.84. The van der Waals surface area contributed by atoms with E-state index in [9.17, 15) is 9.18 Å². The predicted octanol–water partition coefficient (Wildman–Crippen LogP) is 2.88. The fraction of sp³-hybridized carbons (Fsp3) is 0.417. The highest BCUT2D eigenvalue weighted by Gasteiger charge is 2.08. The second kappa shape index (κ2) is 6.59. The molecule has 0 radical (unpaired) electrons. The van der Waals surface area contributed by atoms with Crippen molar-refractivity contribution in [1.82, 2.24) is 5.32 Å². The first-order chi connectivity index (χ1) is 8.02. The zero-order valence-corrected chi connectivity index (χ0v) is 11.4. The molecule has 1 aromatic rings. The highest BCUT2D eigenvalue weighted by Crippen LogP contribution is 2.25. The number of amides is 1. The van der Waals surface area contributed by atoms with Gasteiger partial charge in [-0.25, -0.2) is 4.39 Å². The van der Waals surface area contributed by atoms with Gasteiger partial charge in [-0.15, -0.1) is 0 Å². The topological polar surface area (TPSA) is 38.3 Å². The van der Waals surface area contributed by atoms with Crippen LogP contribution in [0, 0.1) is 5.82 Å². The molecule has 0 bridgehead atoms. The Morgan fingerprint density at radius 2 is 2.29 bits per heavy atom. The summed E-state index contributed by atoms with van der Waals surface area (Å²) in [7, 11) is 0. The summed E-state index contributed by atoms with van der Waals surface area (Å²) in [5, 5.41) is 2.78. The maximum atomic E-state index is 12.8. The minimum Gasteiger partial charge on any atom is -0.483 e. The van der Waals surface area contributed by atoms with Gasteiger partial charge in [0.25, 0.3) is 5.91 Å². The van der Waals surface area contributed by atoms with E-state index in [0.717, 1.165) is 6.42 Å². The number of hydrogen-bond acceptors (Lipinski definition) is 2. The molecule has 0 fully saturated rings. The molecule has 0 spiro atoms. The minimum atomic E-state index is -0.353. The van der Waals surface area contributed by atoms with E-state index in [-0.39, 0.29) is 24.4 Å². The van der Waals surface area contributed by atoms with Crippen LogP contribution in [-0.4, -0.2) is 18.6 Å². The molecular weight excluding hydrogens is 289 g/mol. The molecule has 17 heavy (non-hydrogen) atoms. The average molecular weight is 304 g/mol. The van der Waals surface area contributed by atoms with Crippen LogP contribution in [0.1, 0.15) is 20.3 Å². The molecule has 1 rings (SSSR count). The van der Waals surface area contributed by atoms with E-state index in [4.69, 9.17) is 4.74 Å². The number of halogens is 2. The van der Waals surface area contributed by atoms with Crippen LogP contribution in [0.3, 0.4) is 0 Å². The fourth-order valence-electron chi connectivity index (χ4n) is 1.15. The van der Waals surface area contributed by atoms with E-state index >= 15 is 0 Å². The van der Waals surface area contributed by atoms with Gasteiger partial charge in [-0.3, -0.25) is 4.79 Å². The van der Waals surface area contributed by atoms with E-state index in [1.807, 2.05) is 13.8 Å². The molecule has 1 atom stereocenters. The molecule has 0 saturated carbocycles. The van der Waals surface area contributed by atoms with Crippen molar-refractivity contribution in [3.63, 3.8) is 0 Å². The number of benzene rings is 1. The summed E-state index contributed by atoms with van der Waals surface area (Å²) in [6, 6.07) is 4.19. The number of ether oxygens (including phenoxy) is 1. The lowest BCUT2D eigenvalue weighted by molar-refractivity contribution is -0.123. The molecule has 0 saturated heterocycles. The zero-order chi connectivity index (χ0) is 12.8. The Morgan fingerprint density at radius 1 is 1.59 bits per heavy atom. The molecule has 3 nitrogen and oxygen atoms in total. The molecule has 5 heteroatoms. The number of carbonyl (C=O) groups excluding carboxylic acids is 1. The summed E-state index contributed by atoms with van der Waals surface area (Å²) >= 11 is 3.17. The maximum absolute atomic E-state index is 12.8. The Kier molecular flexibility index (Phi) is 5.41. The third kappa shape index (κ3) is 4.73. The van der Waals surface area contributed by atoms with Gasteiger partial charge in [-0.1, -0.05) is 6.92 Å². The van der Waals surface area contributed by atoms with Gasteiger partial charge in [-0.05, 0) is 47.5 Å². The van der Waals surface area contributed by atoms with Gasteiger partial charge in [0, 0.05) is 6.04 Å². The van der Waals surface area contributed by atoms with Gasteiger partial charge >= 0.3 is 0 Å². The quantitative estimate of drug-likeness (QED) is 0.908. The number of hydrogen-bond donors (Lipinski definition) is 1. The molecule has 0 aromatic heterocycles. The Morgan fingerprint density at radius 3 is 2.88 bits per heavy atom. The molecule has 94 valence electrons. The van der Waals surface area contributed by atoms with Gasteiger partial charge in [0.2, 0.25) is 0 Å². The molecule has 0 aliphatic carbocycles. The van der Waals surface area contributed by atoms with Crippen LogP contribution in [0.15, 0.2) is 22.7 Å². The molecule has 0 aliphatic heterocycles. The largest absolute Gasteiger partial charge is 0.483 e. The number of carbonyl (C=O) groups is 1. The first-order valence-corrected chi connectivity index (χ1v) is 6.19. The zero-order valence-electron chi connectivity index (χ0n) is 9.80. The summed E-state index contributed by atoms with van der Waals surface area (Å²) in [5.41, 5.74) is 0. The van der Waals surface area contributed by atoms with E-state index in [1.54, 1.807) is 0 Å². The Hall–Kier alpha value is -1.10. The fourth-order valence-corrected chi connectivity index (χ4v) is 1.62. The molecule has 0 aliphatic rings. The molecule has 1 unspecified atom stereocenters. The van der Waals surface area contributed by atoms with Crippen molar-refractivity contribution in [2.24, 2.45) is 0 Å². The van der Waals surface area contributed by atoms with Gasteiger partial charge < -0.3 is 10.1 Å². The van der Waals surface area contributed by atoms with Crippen molar-refractivity contribution in [3.05, 3.63) is 28.5 Å². The van der Waals surface area contributed by atoms with Gasteiger partial charge in [-0.2, -0.15) is 0 Å². The smallest absolute Gasteiger partial charge is 0.258 e. The lowest BCUT2D eigenvalue weighted by Gasteiger charge is -2.12. The van der Waals surface area contributed by atoms with Crippen molar-refractivity contribution < 1.29 is 13.9 Å². The first-order valence-electron chi connectivity index (χ1n) is 5.40. The summed E-state index contributed by atoms with van der Waals surface area (Å²) < 4.78 is 18.6. The summed E-state index contributed by atoms with van der Waals surface area (Å²) in [5.74, 6) is -0.0884. The molecule has 1 amide bonds. The van der Waals surface area contributed by atoms with Crippen LogP contribution in [0.25, 0.3) is 0 Å². The minimum absolute atomic E-state index is 0.0748. The van der Waals surface area contributed by atoms with Crippen molar-refractivity contribution in [2.75, 3.05) is 6.61 Å². The third-order valence-corrected chi connectivity index (χ3v) is 2.89. The van der Waals surface area contributed by atoms with Crippen LogP contribution >= 0.6 is 15.9 Å². The van der Waals surface area contributed by atoms with Crippen molar-refractivity contribution >= 4 is 21.8 Å². The predicted molar refractivity (Wildman–Crippen MR) is 67.5 cm³/mol. The maximum Gasteiger partial charge on any atom is 0.258 e. The van der Waals surface area contributed by atoms with Crippen LogP contribution < -0.4 is 10.1 Å². The van der Waals surface area contributed by atoms with Gasteiger partial charge in [0.1, 0.15) is 11.6 Å². The SMILES string of the molecule is CCC(C)NC(=O)COc1ccc(F)cc1Br. The van der Waals surface area contributed by atoms with E-state index in [2.05, 4.69) is 21.2 Å². The van der Waals surface area contributed by atoms with Crippen LogP contribution in [0.4, 0.5) is 4.39 Å². The van der Waals surface area contributed by atoms with E-state index < -0.39 is 0 Å². The highest BCUT2D eigenvalue weighted by molar-refractivity contribution is 9.10. The standard InChI is InChI=1S/C12H15BrFNO2/c1-3-8(2)15-12(16)7-17-11-5-4-9(14)6-10(11)13/h4-6,8H,3,7H2,1-2H3,(H,15,16). The number of nitrogens with one attached hydrogen (secondary N) is 1. The summed E-state index contributed by atoms with van der Waals surface area (Å²) in [4.78, 5) is 11.4. The lowest BCUT2D eigenvalue weighted by atomic mass is 10.2. The van der Waals surface area contributed by atoms with Crippen LogP contribution in [-0.2, 0) is 4.79 Å². The number of rotatable bonds is 5. The molecule has 1 aromatic carbocycles. The lowest BCUT2D eigenvalue weighted by Crippen LogP contribution is -2.35. The van der Waals surface area contributed by atoms with Gasteiger partial charge in [0.15, 0.2) is 6.61 Å². The monoisotopic (exact) mass is 303 g/mol. The normalized spacial score (nSPS) is 12.0. The van der Waals surface area contributed by atoms with Crippen molar-refractivity contribution in [1.29, 1.82) is 0 Å². The van der Waals surface area contributed by atoms with E-state index in [1.165, 1.54) is 18.2 Å². The van der Waals surface area contributed by atoms with Crippen LogP contribution in [0.5, 0.6) is 5.75 Å². The molecule has 1 N–H and O–H groups in total. The second-order valence-corrected chi connectivity index (χ2v) is 4.59. The van der Waals surface area contributed by atoms with Crippen LogP contribution in [0.2, 0.25) is 0 Å². The molecular formula is C12H15BrFNO2.